The van der Waals surface area contributed by atoms with Gasteiger partial charge in [0.25, 0.3) is 11.6 Å². The molecule has 1 aromatic heterocycles. The molecule has 0 saturated carbocycles. The van der Waals surface area contributed by atoms with Crippen LogP contribution >= 0.6 is 28.3 Å². The number of nitro benzene ring substituents is 1. The van der Waals surface area contributed by atoms with Gasteiger partial charge in [-0.2, -0.15) is 4.98 Å². The third-order valence-corrected chi connectivity index (χ3v) is 3.50. The van der Waals surface area contributed by atoms with E-state index >= 15 is 0 Å². The molecule has 114 valence electrons. The fraction of sp³-hybridized carbons (Fsp3) is 0.333. The Morgan fingerprint density at radius 3 is 2.81 bits per heavy atom. The Morgan fingerprint density at radius 2 is 2.24 bits per heavy atom. The molecule has 0 spiro atoms. The number of non-ortho nitro benzene ring substituents is 1. The standard InChI is InChI=1S/C12H13BrN4O3.ClH/c1-7(14-2)5-11-15-12(20-16-11)9-4-3-8(17(18)19)6-10(9)13;/h3-4,6-7,14H,5H2,1-2H3;1H. The highest BCUT2D eigenvalue weighted by Gasteiger charge is 2.16. The molecule has 0 aliphatic rings. The van der Waals surface area contributed by atoms with E-state index in [1.807, 2.05) is 14.0 Å². The van der Waals surface area contributed by atoms with E-state index in [0.717, 1.165) is 0 Å². The fourth-order valence-electron chi connectivity index (χ4n) is 1.61. The highest BCUT2D eigenvalue weighted by Crippen LogP contribution is 2.30. The number of nitrogens with one attached hydrogen (secondary N) is 1. The largest absolute Gasteiger partial charge is 0.334 e. The predicted molar refractivity (Wildman–Crippen MR) is 83.6 cm³/mol. The topological polar surface area (TPSA) is 94.1 Å². The van der Waals surface area contributed by atoms with Crippen molar-refractivity contribution in [2.45, 2.75) is 19.4 Å². The molecule has 1 unspecified atom stereocenters. The minimum atomic E-state index is -0.456. The Kier molecular flexibility index (Phi) is 6.25. The molecule has 0 bridgehead atoms. The number of likely N-dealkylation sites (N-methyl/N-ethyl adjacent to an activating group) is 1. The van der Waals surface area contributed by atoms with Crippen molar-refractivity contribution in [2.24, 2.45) is 0 Å². The molecule has 7 nitrogen and oxygen atoms in total. The van der Waals surface area contributed by atoms with Gasteiger partial charge in [0, 0.05) is 29.1 Å². The van der Waals surface area contributed by atoms with Crippen molar-refractivity contribution < 1.29 is 9.45 Å². The van der Waals surface area contributed by atoms with E-state index in [-0.39, 0.29) is 24.1 Å². The van der Waals surface area contributed by atoms with Crippen LogP contribution in [0.4, 0.5) is 5.69 Å². The van der Waals surface area contributed by atoms with E-state index in [9.17, 15) is 10.1 Å². The van der Waals surface area contributed by atoms with Crippen molar-refractivity contribution in [3.05, 3.63) is 38.6 Å². The van der Waals surface area contributed by atoms with Crippen molar-refractivity contribution in [3.63, 3.8) is 0 Å². The molecule has 0 saturated heterocycles. The number of nitrogens with zero attached hydrogens (tertiary/aromatic N) is 3. The second-order valence-electron chi connectivity index (χ2n) is 4.33. The first-order valence-corrected chi connectivity index (χ1v) is 6.74. The number of rotatable bonds is 5. The Bertz CT molecular complexity index is 635. The van der Waals surface area contributed by atoms with Crippen molar-refractivity contribution in [1.29, 1.82) is 0 Å². The summed E-state index contributed by atoms with van der Waals surface area (Å²) < 4.78 is 5.73. The fourth-order valence-corrected chi connectivity index (χ4v) is 2.15. The van der Waals surface area contributed by atoms with Crippen LogP contribution < -0.4 is 5.32 Å². The number of benzene rings is 1. The minimum absolute atomic E-state index is 0. The van der Waals surface area contributed by atoms with Crippen LogP contribution in [0.1, 0.15) is 12.7 Å². The Hall–Kier alpha value is -1.51. The molecule has 0 aliphatic carbocycles. The zero-order chi connectivity index (χ0) is 14.7. The lowest BCUT2D eigenvalue weighted by molar-refractivity contribution is -0.384. The molecule has 0 amide bonds. The summed E-state index contributed by atoms with van der Waals surface area (Å²) in [5.41, 5.74) is 0.635. The molecule has 1 N–H and O–H groups in total. The Labute approximate surface area is 135 Å². The Balaban J connectivity index is 0.00000220. The minimum Gasteiger partial charge on any atom is -0.334 e. The molecular formula is C12H14BrClN4O3. The molecule has 1 atom stereocenters. The van der Waals surface area contributed by atoms with E-state index in [1.54, 1.807) is 6.07 Å². The number of hydrogen-bond acceptors (Lipinski definition) is 6. The van der Waals surface area contributed by atoms with Gasteiger partial charge in [0.1, 0.15) is 0 Å². The molecule has 2 aromatic rings. The molecule has 1 heterocycles. The van der Waals surface area contributed by atoms with Crippen LogP contribution in [-0.4, -0.2) is 28.2 Å². The summed E-state index contributed by atoms with van der Waals surface area (Å²) in [7, 11) is 1.86. The van der Waals surface area contributed by atoms with Gasteiger partial charge in [-0.05, 0) is 36.0 Å². The lowest BCUT2D eigenvalue weighted by Gasteiger charge is -2.04. The highest BCUT2D eigenvalue weighted by atomic mass is 79.9. The lowest BCUT2D eigenvalue weighted by Crippen LogP contribution is -2.24. The summed E-state index contributed by atoms with van der Waals surface area (Å²) in [5, 5.41) is 17.7. The molecule has 21 heavy (non-hydrogen) atoms. The number of halogens is 2. The van der Waals surface area contributed by atoms with Crippen molar-refractivity contribution >= 4 is 34.0 Å². The monoisotopic (exact) mass is 376 g/mol. The number of aromatic nitrogens is 2. The normalized spacial score (nSPS) is 11.8. The summed E-state index contributed by atoms with van der Waals surface area (Å²) in [6.07, 6.45) is 0.643. The van der Waals surface area contributed by atoms with E-state index in [0.29, 0.717) is 28.2 Å². The van der Waals surface area contributed by atoms with Gasteiger partial charge in [0.05, 0.1) is 10.5 Å². The zero-order valence-electron chi connectivity index (χ0n) is 11.4. The first-order chi connectivity index (χ1) is 9.51. The van der Waals surface area contributed by atoms with Crippen LogP contribution in [0, 0.1) is 10.1 Å². The molecule has 0 aliphatic heterocycles. The molecule has 1 aromatic carbocycles. The second kappa shape index (κ2) is 7.48. The average molecular weight is 378 g/mol. The van der Waals surface area contributed by atoms with Crippen molar-refractivity contribution in [2.75, 3.05) is 7.05 Å². The van der Waals surface area contributed by atoms with E-state index in [2.05, 4.69) is 31.4 Å². The van der Waals surface area contributed by atoms with Gasteiger partial charge >= 0.3 is 0 Å². The summed E-state index contributed by atoms with van der Waals surface area (Å²) >= 11 is 3.28. The van der Waals surface area contributed by atoms with E-state index < -0.39 is 4.92 Å². The van der Waals surface area contributed by atoms with Crippen molar-refractivity contribution in [3.8, 4) is 11.5 Å². The zero-order valence-corrected chi connectivity index (χ0v) is 13.8. The van der Waals surface area contributed by atoms with Gasteiger partial charge in [-0.1, -0.05) is 5.16 Å². The molecule has 0 fully saturated rings. The van der Waals surface area contributed by atoms with Gasteiger partial charge in [-0.25, -0.2) is 0 Å². The summed E-state index contributed by atoms with van der Waals surface area (Å²) in [6, 6.07) is 4.64. The van der Waals surface area contributed by atoms with Crippen LogP contribution in [-0.2, 0) is 6.42 Å². The predicted octanol–water partition coefficient (Wildman–Crippen LogP) is 2.98. The van der Waals surface area contributed by atoms with Gasteiger partial charge in [0.2, 0.25) is 0 Å². The third-order valence-electron chi connectivity index (χ3n) is 2.84. The van der Waals surface area contributed by atoms with Gasteiger partial charge in [-0.3, -0.25) is 10.1 Å². The third kappa shape index (κ3) is 4.23. The van der Waals surface area contributed by atoms with Crippen LogP contribution in [0.3, 0.4) is 0 Å². The van der Waals surface area contributed by atoms with Gasteiger partial charge in [0.15, 0.2) is 5.82 Å². The molecule has 2 rings (SSSR count). The van der Waals surface area contributed by atoms with Gasteiger partial charge in [-0.15, -0.1) is 12.4 Å². The first kappa shape index (κ1) is 17.5. The molecule has 0 radical (unpaired) electrons. The van der Waals surface area contributed by atoms with E-state index in [4.69, 9.17) is 4.52 Å². The Morgan fingerprint density at radius 1 is 1.52 bits per heavy atom. The summed E-state index contributed by atoms with van der Waals surface area (Å²) in [4.78, 5) is 14.5. The molecule has 9 heteroatoms. The van der Waals surface area contributed by atoms with Crippen LogP contribution in [0.5, 0.6) is 0 Å². The summed E-state index contributed by atoms with van der Waals surface area (Å²) in [5.74, 6) is 0.928. The van der Waals surface area contributed by atoms with Crippen LogP contribution in [0.25, 0.3) is 11.5 Å². The van der Waals surface area contributed by atoms with Crippen LogP contribution in [0.15, 0.2) is 27.2 Å². The number of hydrogen-bond donors (Lipinski definition) is 1. The highest BCUT2D eigenvalue weighted by molar-refractivity contribution is 9.10. The maximum atomic E-state index is 10.7. The maximum Gasteiger partial charge on any atom is 0.270 e. The summed E-state index contributed by atoms with van der Waals surface area (Å²) in [6.45, 7) is 2.01. The SMILES string of the molecule is CNC(C)Cc1noc(-c2ccc([N+](=O)[O-])cc2Br)n1.Cl. The second-order valence-corrected chi connectivity index (χ2v) is 5.19. The maximum absolute atomic E-state index is 10.7. The first-order valence-electron chi connectivity index (χ1n) is 5.95. The quantitative estimate of drug-likeness (QED) is 0.636. The molecular weight excluding hydrogens is 364 g/mol. The average Bonchev–Trinajstić information content (AvgIpc) is 2.86. The van der Waals surface area contributed by atoms with Gasteiger partial charge < -0.3 is 9.84 Å². The lowest BCUT2D eigenvalue weighted by atomic mass is 10.2. The number of nitro groups is 1. The smallest absolute Gasteiger partial charge is 0.270 e. The van der Waals surface area contributed by atoms with E-state index in [1.165, 1.54) is 12.1 Å². The van der Waals surface area contributed by atoms with Crippen molar-refractivity contribution in [1.82, 2.24) is 15.5 Å². The van der Waals surface area contributed by atoms with Crippen LogP contribution in [0.2, 0.25) is 0 Å².